The van der Waals surface area contributed by atoms with Gasteiger partial charge >= 0.3 is 0 Å². The number of rotatable bonds is 8. The highest BCUT2D eigenvalue weighted by molar-refractivity contribution is 5.13. The predicted octanol–water partition coefficient (Wildman–Crippen LogP) is 3.37. The lowest BCUT2D eigenvalue weighted by atomic mass is 10.0. The molecule has 17 heavy (non-hydrogen) atoms. The fourth-order valence-electron chi connectivity index (χ4n) is 1.64. The highest BCUT2D eigenvalue weighted by atomic mass is 16.5. The van der Waals surface area contributed by atoms with Gasteiger partial charge in [0.1, 0.15) is 0 Å². The molecule has 0 bridgehead atoms. The molecule has 1 atom stereocenters. The van der Waals surface area contributed by atoms with Crippen LogP contribution in [0.1, 0.15) is 39.2 Å². The Balaban J connectivity index is 2.40. The molecule has 2 nitrogen and oxygen atoms in total. The smallest absolute Gasteiger partial charge is 0.0780 e. The first kappa shape index (κ1) is 14.2. The third-order valence-electron chi connectivity index (χ3n) is 3.10. The molecule has 0 spiro atoms. The zero-order valence-corrected chi connectivity index (χ0v) is 11.3. The molecule has 0 amide bonds. The van der Waals surface area contributed by atoms with Gasteiger partial charge in [0.05, 0.1) is 12.2 Å². The Morgan fingerprint density at radius 1 is 1.18 bits per heavy atom. The lowest BCUT2D eigenvalue weighted by molar-refractivity contribution is -0.0442. The second kappa shape index (κ2) is 7.46. The summed E-state index contributed by atoms with van der Waals surface area (Å²) in [5.41, 5.74) is 1.17. The van der Waals surface area contributed by atoms with Gasteiger partial charge in [-0.3, -0.25) is 0 Å². The molecule has 1 aromatic rings. The van der Waals surface area contributed by atoms with Gasteiger partial charge < -0.3 is 10.1 Å². The van der Waals surface area contributed by atoms with Gasteiger partial charge in [0.15, 0.2) is 0 Å². The monoisotopic (exact) mass is 235 g/mol. The molecular formula is C15H25NO. The maximum absolute atomic E-state index is 6.05. The molecule has 0 radical (unpaired) electrons. The molecule has 1 aromatic carbocycles. The van der Waals surface area contributed by atoms with Crippen molar-refractivity contribution >= 4 is 0 Å². The molecule has 0 fully saturated rings. The van der Waals surface area contributed by atoms with Crippen molar-refractivity contribution in [3.05, 3.63) is 35.9 Å². The summed E-state index contributed by atoms with van der Waals surface area (Å²) >= 11 is 0. The number of benzene rings is 1. The molecule has 0 aliphatic rings. The summed E-state index contributed by atoms with van der Waals surface area (Å²) < 4.78 is 6.05. The van der Waals surface area contributed by atoms with Gasteiger partial charge in [-0.2, -0.15) is 0 Å². The van der Waals surface area contributed by atoms with E-state index >= 15 is 0 Å². The van der Waals surface area contributed by atoms with Crippen LogP contribution < -0.4 is 5.32 Å². The van der Waals surface area contributed by atoms with Gasteiger partial charge in [-0.1, -0.05) is 44.2 Å². The lowest BCUT2D eigenvalue weighted by Gasteiger charge is -2.29. The van der Waals surface area contributed by atoms with Crippen LogP contribution in [0.3, 0.4) is 0 Å². The van der Waals surface area contributed by atoms with E-state index < -0.39 is 0 Å². The molecule has 0 aromatic heterocycles. The van der Waals surface area contributed by atoms with Crippen LogP contribution in [-0.2, 0) is 11.3 Å². The molecule has 0 aliphatic heterocycles. The molecule has 0 aliphatic carbocycles. The van der Waals surface area contributed by atoms with E-state index in [1.165, 1.54) is 12.0 Å². The number of hydrogen-bond acceptors (Lipinski definition) is 2. The summed E-state index contributed by atoms with van der Waals surface area (Å²) in [7, 11) is 0. The number of ether oxygens (including phenoxy) is 1. The van der Waals surface area contributed by atoms with Gasteiger partial charge in [0.2, 0.25) is 0 Å². The van der Waals surface area contributed by atoms with Crippen LogP contribution in [0.15, 0.2) is 30.3 Å². The standard InChI is InChI=1S/C15H25NO/c1-4-11-16-13-15(3,5-2)17-12-14-9-7-6-8-10-14/h6-10,16H,4-5,11-13H2,1-3H3. The topological polar surface area (TPSA) is 21.3 Å². The minimum Gasteiger partial charge on any atom is -0.369 e. The third-order valence-corrected chi connectivity index (χ3v) is 3.10. The van der Waals surface area contributed by atoms with Crippen molar-refractivity contribution in [1.82, 2.24) is 5.32 Å². The first-order chi connectivity index (χ1) is 8.20. The molecule has 1 N–H and O–H groups in total. The van der Waals surface area contributed by atoms with Crippen molar-refractivity contribution in [2.45, 2.75) is 45.8 Å². The molecular weight excluding hydrogens is 210 g/mol. The Kier molecular flexibility index (Phi) is 6.23. The summed E-state index contributed by atoms with van der Waals surface area (Å²) in [4.78, 5) is 0. The molecule has 96 valence electrons. The van der Waals surface area contributed by atoms with Crippen molar-refractivity contribution in [2.75, 3.05) is 13.1 Å². The van der Waals surface area contributed by atoms with E-state index in [4.69, 9.17) is 4.74 Å². The Bertz CT molecular complexity index is 299. The van der Waals surface area contributed by atoms with Crippen molar-refractivity contribution in [1.29, 1.82) is 0 Å². The summed E-state index contributed by atoms with van der Waals surface area (Å²) in [6, 6.07) is 10.4. The average Bonchev–Trinajstić information content (AvgIpc) is 2.38. The fourth-order valence-corrected chi connectivity index (χ4v) is 1.64. The summed E-state index contributed by atoms with van der Waals surface area (Å²) in [6.45, 7) is 9.21. The van der Waals surface area contributed by atoms with Gasteiger partial charge in [0.25, 0.3) is 0 Å². The molecule has 0 saturated heterocycles. The van der Waals surface area contributed by atoms with Crippen molar-refractivity contribution in [3.8, 4) is 0 Å². The fraction of sp³-hybridized carbons (Fsp3) is 0.600. The highest BCUT2D eigenvalue weighted by Crippen LogP contribution is 2.16. The number of nitrogens with one attached hydrogen (secondary N) is 1. The molecule has 0 saturated carbocycles. The minimum atomic E-state index is -0.0645. The normalized spacial score (nSPS) is 14.5. The van der Waals surface area contributed by atoms with Crippen LogP contribution in [0, 0.1) is 0 Å². The van der Waals surface area contributed by atoms with Crippen LogP contribution in [0.4, 0.5) is 0 Å². The van der Waals surface area contributed by atoms with Crippen LogP contribution in [0.25, 0.3) is 0 Å². The third kappa shape index (κ3) is 5.33. The van der Waals surface area contributed by atoms with Crippen molar-refractivity contribution in [3.63, 3.8) is 0 Å². The molecule has 2 heteroatoms. The van der Waals surface area contributed by atoms with E-state index in [1.54, 1.807) is 0 Å². The minimum absolute atomic E-state index is 0.0645. The maximum atomic E-state index is 6.05. The first-order valence-electron chi connectivity index (χ1n) is 6.59. The van der Waals surface area contributed by atoms with E-state index in [0.717, 1.165) is 19.5 Å². The van der Waals surface area contributed by atoms with E-state index in [1.807, 2.05) is 6.07 Å². The van der Waals surface area contributed by atoms with Crippen LogP contribution in [-0.4, -0.2) is 18.7 Å². The Hall–Kier alpha value is -0.860. The zero-order valence-electron chi connectivity index (χ0n) is 11.3. The average molecular weight is 235 g/mol. The highest BCUT2D eigenvalue weighted by Gasteiger charge is 2.21. The van der Waals surface area contributed by atoms with E-state index in [0.29, 0.717) is 6.61 Å². The van der Waals surface area contributed by atoms with Gasteiger partial charge in [-0.25, -0.2) is 0 Å². The molecule has 1 unspecified atom stereocenters. The quantitative estimate of drug-likeness (QED) is 0.698. The second-order valence-electron chi connectivity index (χ2n) is 4.75. The Morgan fingerprint density at radius 2 is 1.88 bits per heavy atom. The van der Waals surface area contributed by atoms with E-state index in [-0.39, 0.29) is 5.60 Å². The molecule has 1 rings (SSSR count). The lowest BCUT2D eigenvalue weighted by Crippen LogP contribution is -2.40. The van der Waals surface area contributed by atoms with E-state index in [2.05, 4.69) is 50.4 Å². The van der Waals surface area contributed by atoms with Crippen molar-refractivity contribution < 1.29 is 4.74 Å². The second-order valence-corrected chi connectivity index (χ2v) is 4.75. The predicted molar refractivity (Wildman–Crippen MR) is 73.1 cm³/mol. The van der Waals surface area contributed by atoms with Gasteiger partial charge in [-0.15, -0.1) is 0 Å². The largest absolute Gasteiger partial charge is 0.369 e. The SMILES string of the molecule is CCCNCC(C)(CC)OCc1ccccc1. The van der Waals surface area contributed by atoms with Crippen LogP contribution in [0.5, 0.6) is 0 Å². The molecule has 0 heterocycles. The van der Waals surface area contributed by atoms with Crippen LogP contribution >= 0.6 is 0 Å². The zero-order chi connectivity index (χ0) is 12.6. The summed E-state index contributed by atoms with van der Waals surface area (Å²) in [5, 5.41) is 3.44. The maximum Gasteiger partial charge on any atom is 0.0780 e. The summed E-state index contributed by atoms with van der Waals surface area (Å²) in [6.07, 6.45) is 2.19. The number of hydrogen-bond donors (Lipinski definition) is 1. The van der Waals surface area contributed by atoms with Gasteiger partial charge in [0, 0.05) is 6.54 Å². The Morgan fingerprint density at radius 3 is 2.47 bits per heavy atom. The van der Waals surface area contributed by atoms with Gasteiger partial charge in [-0.05, 0) is 31.9 Å². The van der Waals surface area contributed by atoms with Crippen LogP contribution in [0.2, 0.25) is 0 Å². The summed E-state index contributed by atoms with van der Waals surface area (Å²) in [5.74, 6) is 0. The van der Waals surface area contributed by atoms with E-state index in [9.17, 15) is 0 Å². The Labute approximate surface area is 105 Å². The first-order valence-corrected chi connectivity index (χ1v) is 6.59. The van der Waals surface area contributed by atoms with Crippen molar-refractivity contribution in [2.24, 2.45) is 0 Å².